The van der Waals surface area contributed by atoms with E-state index in [4.69, 9.17) is 9.84 Å². The maximum Gasteiger partial charge on any atom is 0.337 e. The molecule has 4 atom stereocenters. The van der Waals surface area contributed by atoms with Gasteiger partial charge in [0.15, 0.2) is 6.23 Å². The van der Waals surface area contributed by atoms with Gasteiger partial charge in [-0.2, -0.15) is 0 Å². The van der Waals surface area contributed by atoms with Gasteiger partial charge in [0.05, 0.1) is 10.2 Å². The zero-order valence-corrected chi connectivity index (χ0v) is 12.4. The summed E-state index contributed by atoms with van der Waals surface area (Å²) in [6.45, 7) is 2.91. The van der Waals surface area contributed by atoms with Crippen LogP contribution in [0.15, 0.2) is 22.4 Å². The third kappa shape index (κ3) is 2.35. The summed E-state index contributed by atoms with van der Waals surface area (Å²) in [5, 5.41) is 28.6. The quantitative estimate of drug-likeness (QED) is 0.527. The molecule has 0 aliphatic carbocycles. The van der Waals surface area contributed by atoms with E-state index in [9.17, 15) is 19.8 Å². The Morgan fingerprint density at radius 1 is 1.40 bits per heavy atom. The fourth-order valence-electron chi connectivity index (χ4n) is 2.01. The SMILES string of the molecule is C=Cn1cc(I)c(=O)n(C2O[C@H](CO)[C@@H](O)[C@@H]2O)c1=O. The molecule has 0 bridgehead atoms. The number of hydrogen-bond acceptors (Lipinski definition) is 6. The third-order valence-corrected chi connectivity index (χ3v) is 3.81. The van der Waals surface area contributed by atoms with Crippen LogP contribution in [-0.2, 0) is 4.74 Å². The maximum absolute atomic E-state index is 12.1. The lowest BCUT2D eigenvalue weighted by atomic mass is 10.1. The van der Waals surface area contributed by atoms with Gasteiger partial charge < -0.3 is 20.1 Å². The summed E-state index contributed by atoms with van der Waals surface area (Å²) in [6, 6.07) is 0. The molecule has 20 heavy (non-hydrogen) atoms. The van der Waals surface area contributed by atoms with Gasteiger partial charge in [-0.05, 0) is 22.6 Å². The Bertz CT molecular complexity index is 639. The minimum atomic E-state index is -1.49. The first-order chi connectivity index (χ1) is 9.42. The number of aliphatic hydroxyl groups excluding tert-OH is 3. The molecule has 1 fully saturated rings. The van der Waals surface area contributed by atoms with Crippen LogP contribution >= 0.6 is 22.6 Å². The largest absolute Gasteiger partial charge is 0.394 e. The van der Waals surface area contributed by atoms with Crippen molar-refractivity contribution in [2.75, 3.05) is 6.61 Å². The van der Waals surface area contributed by atoms with Crippen LogP contribution in [0, 0.1) is 3.57 Å². The lowest BCUT2D eigenvalue weighted by molar-refractivity contribution is -0.0568. The van der Waals surface area contributed by atoms with Crippen molar-refractivity contribution >= 4 is 28.8 Å². The first-order valence-corrected chi connectivity index (χ1v) is 6.78. The van der Waals surface area contributed by atoms with Gasteiger partial charge in [-0.25, -0.2) is 9.36 Å². The van der Waals surface area contributed by atoms with Gasteiger partial charge in [0.25, 0.3) is 5.56 Å². The first-order valence-electron chi connectivity index (χ1n) is 5.70. The molecular formula is C11H13IN2O6. The van der Waals surface area contributed by atoms with Crippen LogP contribution < -0.4 is 11.2 Å². The smallest absolute Gasteiger partial charge is 0.337 e. The number of halogens is 1. The molecule has 110 valence electrons. The summed E-state index contributed by atoms with van der Waals surface area (Å²) in [4.78, 5) is 24.2. The minimum absolute atomic E-state index is 0.222. The van der Waals surface area contributed by atoms with Gasteiger partial charge in [-0.1, -0.05) is 6.58 Å². The molecule has 0 spiro atoms. The molecule has 0 amide bonds. The average Bonchev–Trinajstić information content (AvgIpc) is 2.71. The molecule has 3 N–H and O–H groups in total. The standard InChI is InChI=1S/C11H13IN2O6/c1-2-13-3-5(12)9(18)14(11(13)19)10-8(17)7(16)6(4-15)20-10/h2-3,6-8,10,15-17H,1,4H2/t6-,7-,8+,10?/m1/s1. The molecule has 9 heteroatoms. The highest BCUT2D eigenvalue weighted by Gasteiger charge is 2.44. The van der Waals surface area contributed by atoms with Gasteiger partial charge >= 0.3 is 5.69 Å². The van der Waals surface area contributed by atoms with Crippen LogP contribution in [0.4, 0.5) is 0 Å². The van der Waals surface area contributed by atoms with Crippen molar-refractivity contribution < 1.29 is 20.1 Å². The maximum atomic E-state index is 12.1. The van der Waals surface area contributed by atoms with E-state index in [1.165, 1.54) is 12.4 Å². The summed E-state index contributed by atoms with van der Waals surface area (Å²) >= 11 is 1.74. The number of nitrogens with zero attached hydrogens (tertiary/aromatic N) is 2. The Morgan fingerprint density at radius 3 is 2.55 bits per heavy atom. The van der Waals surface area contributed by atoms with Crippen LogP contribution in [0.3, 0.4) is 0 Å². The normalized spacial score (nSPS) is 29.6. The first kappa shape index (κ1) is 15.4. The van der Waals surface area contributed by atoms with Crippen LogP contribution in [0.25, 0.3) is 6.20 Å². The zero-order valence-electron chi connectivity index (χ0n) is 10.2. The van der Waals surface area contributed by atoms with Gasteiger partial charge in [0.1, 0.15) is 18.3 Å². The molecule has 1 aliphatic rings. The monoisotopic (exact) mass is 396 g/mol. The third-order valence-electron chi connectivity index (χ3n) is 3.07. The lowest BCUT2D eigenvalue weighted by Gasteiger charge is -2.17. The second-order valence-electron chi connectivity index (χ2n) is 4.25. The lowest BCUT2D eigenvalue weighted by Crippen LogP contribution is -2.45. The highest BCUT2D eigenvalue weighted by atomic mass is 127. The predicted molar refractivity (Wildman–Crippen MR) is 77.1 cm³/mol. The predicted octanol–water partition coefficient (Wildman–Crippen LogP) is -1.67. The van der Waals surface area contributed by atoms with E-state index >= 15 is 0 Å². The number of ether oxygens (including phenoxy) is 1. The average molecular weight is 396 g/mol. The second kappa shape index (κ2) is 5.77. The van der Waals surface area contributed by atoms with Gasteiger partial charge in [-0.3, -0.25) is 9.36 Å². The molecule has 0 aromatic carbocycles. The molecule has 1 aromatic rings. The van der Waals surface area contributed by atoms with E-state index in [0.29, 0.717) is 4.57 Å². The second-order valence-corrected chi connectivity index (χ2v) is 5.42. The van der Waals surface area contributed by atoms with E-state index in [0.717, 1.165) is 4.57 Å². The van der Waals surface area contributed by atoms with Crippen LogP contribution in [0.1, 0.15) is 6.23 Å². The molecule has 1 aliphatic heterocycles. The summed E-state index contributed by atoms with van der Waals surface area (Å²) in [7, 11) is 0. The number of aliphatic hydroxyl groups is 3. The molecule has 0 saturated carbocycles. The summed E-state index contributed by atoms with van der Waals surface area (Å²) < 4.78 is 7.19. The van der Waals surface area contributed by atoms with Crippen LogP contribution in [0.5, 0.6) is 0 Å². The van der Waals surface area contributed by atoms with Crippen molar-refractivity contribution in [3.8, 4) is 0 Å². The highest BCUT2D eigenvalue weighted by Crippen LogP contribution is 2.27. The number of aromatic nitrogens is 2. The Balaban J connectivity index is 2.59. The highest BCUT2D eigenvalue weighted by molar-refractivity contribution is 14.1. The molecule has 8 nitrogen and oxygen atoms in total. The summed E-state index contributed by atoms with van der Waals surface area (Å²) in [5.74, 6) is 0. The van der Waals surface area contributed by atoms with Crippen molar-refractivity contribution in [2.45, 2.75) is 24.5 Å². The molecule has 1 aromatic heterocycles. The molecule has 2 heterocycles. The zero-order chi connectivity index (χ0) is 15.0. The van der Waals surface area contributed by atoms with E-state index in [1.807, 2.05) is 0 Å². The summed E-state index contributed by atoms with van der Waals surface area (Å²) in [5.41, 5.74) is -1.40. The van der Waals surface area contributed by atoms with Crippen molar-refractivity contribution in [2.24, 2.45) is 0 Å². The fourth-order valence-corrected chi connectivity index (χ4v) is 2.57. The molecule has 2 rings (SSSR count). The fraction of sp³-hybridized carbons (Fsp3) is 0.455. The Kier molecular flexibility index (Phi) is 4.44. The molecule has 1 unspecified atom stereocenters. The molecular weight excluding hydrogens is 383 g/mol. The van der Waals surface area contributed by atoms with E-state index in [1.54, 1.807) is 22.6 Å². The van der Waals surface area contributed by atoms with Gasteiger partial charge in [0.2, 0.25) is 0 Å². The van der Waals surface area contributed by atoms with Crippen molar-refractivity contribution in [3.63, 3.8) is 0 Å². The van der Waals surface area contributed by atoms with Crippen molar-refractivity contribution in [3.05, 3.63) is 37.2 Å². The van der Waals surface area contributed by atoms with Gasteiger partial charge in [0, 0.05) is 12.4 Å². The number of rotatable bonds is 3. The van der Waals surface area contributed by atoms with Gasteiger partial charge in [-0.15, -0.1) is 0 Å². The Labute approximate surface area is 126 Å². The van der Waals surface area contributed by atoms with E-state index in [2.05, 4.69) is 6.58 Å². The van der Waals surface area contributed by atoms with E-state index < -0.39 is 42.4 Å². The number of hydrogen-bond donors (Lipinski definition) is 3. The van der Waals surface area contributed by atoms with Crippen LogP contribution in [-0.4, -0.2) is 49.4 Å². The summed E-state index contributed by atoms with van der Waals surface area (Å²) in [6.07, 6.45) is -2.78. The minimum Gasteiger partial charge on any atom is -0.394 e. The van der Waals surface area contributed by atoms with Crippen molar-refractivity contribution in [1.82, 2.24) is 9.13 Å². The molecule has 1 saturated heterocycles. The van der Waals surface area contributed by atoms with E-state index in [-0.39, 0.29) is 3.57 Å². The Morgan fingerprint density at radius 2 is 2.05 bits per heavy atom. The molecule has 0 radical (unpaired) electrons. The van der Waals surface area contributed by atoms with Crippen LogP contribution in [0.2, 0.25) is 0 Å². The Hall–Kier alpha value is -1.01. The topological polar surface area (TPSA) is 114 Å². The van der Waals surface area contributed by atoms with Crippen molar-refractivity contribution in [1.29, 1.82) is 0 Å².